The summed E-state index contributed by atoms with van der Waals surface area (Å²) in [6, 6.07) is 80.0. The van der Waals surface area contributed by atoms with E-state index in [9.17, 15) is 0 Å². The molecule has 0 spiro atoms. The first-order valence-electron chi connectivity index (χ1n) is 20.0. The normalized spacial score (nSPS) is 11.8. The second-order valence-corrected chi connectivity index (χ2v) is 15.3. The Balaban J connectivity index is 1.10. The number of benzene rings is 10. The van der Waals surface area contributed by atoms with Crippen molar-refractivity contribution in [1.29, 1.82) is 0 Å². The lowest BCUT2D eigenvalue weighted by Gasteiger charge is -2.27. The van der Waals surface area contributed by atoms with Crippen molar-refractivity contribution in [3.63, 3.8) is 0 Å². The number of hydrogen-bond acceptors (Lipinski definition) is 1. The fourth-order valence-corrected chi connectivity index (χ4v) is 9.53. The molecule has 1 aromatic heterocycles. The fraction of sp³-hybridized carbons (Fsp3) is 0. The molecule has 1 aliphatic carbocycles. The minimum Gasteiger partial charge on any atom is -0.310 e. The third-order valence-electron chi connectivity index (χ3n) is 12.1. The van der Waals surface area contributed by atoms with Crippen molar-refractivity contribution in [2.45, 2.75) is 0 Å². The van der Waals surface area contributed by atoms with Crippen LogP contribution in [0.15, 0.2) is 218 Å². The van der Waals surface area contributed by atoms with E-state index in [2.05, 4.69) is 228 Å². The lowest BCUT2D eigenvalue weighted by atomic mass is 9.95. The lowest BCUT2D eigenvalue weighted by molar-refractivity contribution is 1.18. The third kappa shape index (κ3) is 4.99. The zero-order valence-corrected chi connectivity index (χ0v) is 31.7. The molecule has 270 valence electrons. The molecule has 58 heavy (non-hydrogen) atoms. The maximum atomic E-state index is 2.45. The van der Waals surface area contributed by atoms with Crippen molar-refractivity contribution in [3.05, 3.63) is 218 Å². The number of para-hydroxylation sites is 2. The molecule has 0 atom stereocenters. The minimum absolute atomic E-state index is 1.11. The Morgan fingerprint density at radius 2 is 0.931 bits per heavy atom. The summed E-state index contributed by atoms with van der Waals surface area (Å²) in [6.45, 7) is 0. The second kappa shape index (κ2) is 12.9. The van der Waals surface area contributed by atoms with Crippen molar-refractivity contribution >= 4 is 60.4 Å². The minimum atomic E-state index is 1.11. The van der Waals surface area contributed by atoms with E-state index in [0.717, 1.165) is 17.1 Å². The molecule has 0 aliphatic heterocycles. The van der Waals surface area contributed by atoms with Gasteiger partial charge >= 0.3 is 0 Å². The second-order valence-electron chi connectivity index (χ2n) is 15.3. The van der Waals surface area contributed by atoms with Crippen LogP contribution in [0.4, 0.5) is 17.1 Å². The van der Waals surface area contributed by atoms with Crippen LogP contribution in [0.5, 0.6) is 0 Å². The highest BCUT2D eigenvalue weighted by molar-refractivity contribution is 6.24. The Morgan fingerprint density at radius 1 is 0.310 bits per heavy atom. The van der Waals surface area contributed by atoms with Gasteiger partial charge in [-0.1, -0.05) is 158 Å². The average Bonchev–Trinajstić information content (AvgIpc) is 3.81. The number of rotatable bonds is 6. The Hall–Kier alpha value is -7.68. The number of aromatic nitrogens is 1. The number of hydrogen-bond donors (Lipinski definition) is 0. The van der Waals surface area contributed by atoms with Crippen molar-refractivity contribution in [3.8, 4) is 50.2 Å². The van der Waals surface area contributed by atoms with Gasteiger partial charge in [-0.25, -0.2) is 0 Å². The van der Waals surface area contributed by atoms with Gasteiger partial charge in [0, 0.05) is 33.4 Å². The molecule has 1 heterocycles. The van der Waals surface area contributed by atoms with Crippen LogP contribution in [0.25, 0.3) is 93.5 Å². The summed E-state index contributed by atoms with van der Waals surface area (Å²) in [7, 11) is 0. The van der Waals surface area contributed by atoms with Gasteiger partial charge in [-0.05, 0) is 121 Å². The molecule has 0 unspecified atom stereocenters. The van der Waals surface area contributed by atoms with Gasteiger partial charge in [0.25, 0.3) is 0 Å². The Labute approximate surface area is 337 Å². The van der Waals surface area contributed by atoms with Crippen LogP contribution in [-0.2, 0) is 0 Å². The molecule has 0 fully saturated rings. The molecule has 0 N–H and O–H groups in total. The first kappa shape index (κ1) is 32.6. The number of anilines is 3. The molecular weight excluding hydrogens is 701 g/mol. The summed E-state index contributed by atoms with van der Waals surface area (Å²) in [4.78, 5) is 2.45. The maximum absolute atomic E-state index is 2.45. The smallest absolute Gasteiger partial charge is 0.0542 e. The SMILES string of the molecule is c1ccc(-c2cccc(N(c3ccc4c(c3)-c3c5ccccc5cc5cccc-4c35)c3ccc4c(c3)c3ccccc3n4-c3ccccc3-c3ccccc3)c2)cc1. The zero-order chi connectivity index (χ0) is 38.2. The zero-order valence-electron chi connectivity index (χ0n) is 31.7. The van der Waals surface area contributed by atoms with Crippen molar-refractivity contribution in [2.24, 2.45) is 0 Å². The Morgan fingerprint density at radius 3 is 1.81 bits per heavy atom. The number of fused-ring (bicyclic) bond motifs is 8. The lowest BCUT2D eigenvalue weighted by Crippen LogP contribution is -2.10. The molecule has 10 aromatic carbocycles. The standard InChI is InChI=1S/C56H36N2/c1-3-15-37(16-4-1)39-20-13-22-42(34-39)57(43-29-31-47-49-26-14-21-41-33-40-19-7-8-24-46(40)56(55(41)49)51(47)36-43)44-30-32-54-50(35-44)48-25-10-12-28-53(48)58(54)52-27-11-9-23-45(52)38-17-5-2-6-18-38/h1-36H. The topological polar surface area (TPSA) is 8.17 Å². The monoisotopic (exact) mass is 736 g/mol. The van der Waals surface area contributed by atoms with E-state index in [1.807, 2.05) is 0 Å². The van der Waals surface area contributed by atoms with Gasteiger partial charge in [0.1, 0.15) is 0 Å². The van der Waals surface area contributed by atoms with Gasteiger partial charge in [0.2, 0.25) is 0 Å². The molecule has 0 radical (unpaired) electrons. The molecule has 0 saturated carbocycles. The average molecular weight is 737 g/mol. The van der Waals surface area contributed by atoms with Crippen molar-refractivity contribution in [2.75, 3.05) is 4.90 Å². The molecule has 0 amide bonds. The number of nitrogens with zero attached hydrogens (tertiary/aromatic N) is 2. The van der Waals surface area contributed by atoms with E-state index in [1.165, 1.54) is 93.5 Å². The molecular formula is C56H36N2. The summed E-state index contributed by atoms with van der Waals surface area (Å²) in [6.07, 6.45) is 0. The van der Waals surface area contributed by atoms with Gasteiger partial charge in [-0.15, -0.1) is 0 Å². The summed E-state index contributed by atoms with van der Waals surface area (Å²) in [5.74, 6) is 0. The summed E-state index contributed by atoms with van der Waals surface area (Å²) >= 11 is 0. The molecule has 0 saturated heterocycles. The molecule has 1 aliphatic rings. The van der Waals surface area contributed by atoms with Gasteiger partial charge in [-0.3, -0.25) is 0 Å². The first-order chi connectivity index (χ1) is 28.8. The molecule has 0 bridgehead atoms. The van der Waals surface area contributed by atoms with Gasteiger partial charge in [0.15, 0.2) is 0 Å². The highest BCUT2D eigenvalue weighted by Crippen LogP contribution is 2.52. The van der Waals surface area contributed by atoms with E-state index in [-0.39, 0.29) is 0 Å². The largest absolute Gasteiger partial charge is 0.310 e. The first-order valence-corrected chi connectivity index (χ1v) is 20.0. The van der Waals surface area contributed by atoms with Crippen LogP contribution in [0.3, 0.4) is 0 Å². The summed E-state index contributed by atoms with van der Waals surface area (Å²) < 4.78 is 2.44. The van der Waals surface area contributed by atoms with E-state index in [0.29, 0.717) is 0 Å². The van der Waals surface area contributed by atoms with E-state index >= 15 is 0 Å². The van der Waals surface area contributed by atoms with Crippen LogP contribution in [-0.4, -0.2) is 4.57 Å². The Bertz CT molecular complexity index is 3390. The van der Waals surface area contributed by atoms with E-state index in [1.54, 1.807) is 0 Å². The van der Waals surface area contributed by atoms with Crippen LogP contribution in [0, 0.1) is 0 Å². The fourth-order valence-electron chi connectivity index (χ4n) is 9.53. The summed E-state index contributed by atoms with van der Waals surface area (Å²) in [5, 5.41) is 7.62. The third-order valence-corrected chi connectivity index (χ3v) is 12.1. The van der Waals surface area contributed by atoms with Crippen molar-refractivity contribution < 1.29 is 0 Å². The molecule has 2 heteroatoms. The van der Waals surface area contributed by atoms with Gasteiger partial charge in [0.05, 0.1) is 16.7 Å². The summed E-state index contributed by atoms with van der Waals surface area (Å²) in [5.41, 5.74) is 16.8. The Kier molecular flexibility index (Phi) is 7.26. The van der Waals surface area contributed by atoms with Crippen LogP contribution in [0.1, 0.15) is 0 Å². The van der Waals surface area contributed by atoms with Crippen molar-refractivity contribution in [1.82, 2.24) is 4.57 Å². The van der Waals surface area contributed by atoms with Crippen LogP contribution < -0.4 is 4.90 Å². The quantitative estimate of drug-likeness (QED) is 0.154. The van der Waals surface area contributed by atoms with Gasteiger partial charge in [-0.2, -0.15) is 0 Å². The highest BCUT2D eigenvalue weighted by atomic mass is 15.1. The molecule has 12 rings (SSSR count). The van der Waals surface area contributed by atoms with Gasteiger partial charge < -0.3 is 9.47 Å². The molecule has 11 aromatic rings. The van der Waals surface area contributed by atoms with Crippen LogP contribution in [0.2, 0.25) is 0 Å². The van der Waals surface area contributed by atoms with E-state index in [4.69, 9.17) is 0 Å². The molecule has 2 nitrogen and oxygen atoms in total. The predicted octanol–water partition coefficient (Wildman–Crippen LogP) is 15.5. The van der Waals surface area contributed by atoms with Crippen LogP contribution >= 0.6 is 0 Å². The highest BCUT2D eigenvalue weighted by Gasteiger charge is 2.26. The van der Waals surface area contributed by atoms with E-state index < -0.39 is 0 Å². The maximum Gasteiger partial charge on any atom is 0.0542 e. The predicted molar refractivity (Wildman–Crippen MR) is 246 cm³/mol.